The highest BCUT2D eigenvalue weighted by molar-refractivity contribution is 7.89. The van der Waals surface area contributed by atoms with Crippen LogP contribution in [0, 0.1) is 0 Å². The number of hydrogen-bond acceptors (Lipinski definition) is 3. The predicted molar refractivity (Wildman–Crippen MR) is 87.2 cm³/mol. The Morgan fingerprint density at radius 2 is 1.95 bits per heavy atom. The van der Waals surface area contributed by atoms with Crippen molar-refractivity contribution in [2.24, 2.45) is 0 Å². The van der Waals surface area contributed by atoms with E-state index in [1.165, 1.54) is 6.07 Å². The molecule has 21 heavy (non-hydrogen) atoms. The average molecular weight is 383 g/mol. The molecule has 0 aliphatic heterocycles. The Hall–Kier alpha value is -0.300. The Bertz CT molecular complexity index is 788. The molecule has 0 radical (unpaired) electrons. The van der Waals surface area contributed by atoms with Gasteiger partial charge in [-0.1, -0.05) is 47.5 Å². The Balaban J connectivity index is 1.95. The molecule has 1 aliphatic rings. The first-order valence-corrected chi connectivity index (χ1v) is 9.57. The Morgan fingerprint density at radius 3 is 2.62 bits per heavy atom. The van der Waals surface area contributed by atoms with E-state index in [9.17, 15) is 8.42 Å². The standard InChI is InChI=1S/C13H10Cl3NO2S2/c14-9-5-7-3-1-2-4-8(7)12(9)17-21(18,19)10-6-11(15)20-13(10)16/h1-4,6,9,12,17H,5H2. The summed E-state index contributed by atoms with van der Waals surface area (Å²) in [7, 11) is -3.77. The van der Waals surface area contributed by atoms with Crippen molar-refractivity contribution in [3.05, 3.63) is 50.1 Å². The second-order valence-corrected chi connectivity index (χ2v) is 9.23. The first-order chi connectivity index (χ1) is 9.88. The van der Waals surface area contributed by atoms with Crippen LogP contribution in [0.2, 0.25) is 8.67 Å². The van der Waals surface area contributed by atoms with Crippen LogP contribution in [0.15, 0.2) is 35.2 Å². The maximum absolute atomic E-state index is 12.5. The number of rotatable bonds is 3. The first kappa shape index (κ1) is 15.6. The van der Waals surface area contributed by atoms with E-state index in [0.717, 1.165) is 22.5 Å². The third-order valence-corrected chi connectivity index (χ3v) is 6.96. The van der Waals surface area contributed by atoms with E-state index in [0.29, 0.717) is 10.8 Å². The molecule has 0 saturated carbocycles. The van der Waals surface area contributed by atoms with Gasteiger partial charge in [0, 0.05) is 0 Å². The molecule has 2 unspecified atom stereocenters. The van der Waals surface area contributed by atoms with Gasteiger partial charge < -0.3 is 0 Å². The first-order valence-electron chi connectivity index (χ1n) is 6.07. The molecule has 3 nitrogen and oxygen atoms in total. The fourth-order valence-electron chi connectivity index (χ4n) is 2.42. The molecule has 2 aromatic rings. The summed E-state index contributed by atoms with van der Waals surface area (Å²) in [4.78, 5) is -0.00702. The van der Waals surface area contributed by atoms with E-state index >= 15 is 0 Å². The fourth-order valence-corrected chi connectivity index (χ4v) is 6.27. The molecule has 1 N–H and O–H groups in total. The average Bonchev–Trinajstić information content (AvgIpc) is 2.91. The molecule has 3 rings (SSSR count). The van der Waals surface area contributed by atoms with Gasteiger partial charge in [0.1, 0.15) is 9.23 Å². The van der Waals surface area contributed by atoms with E-state index in [1.54, 1.807) is 0 Å². The van der Waals surface area contributed by atoms with Gasteiger partial charge in [-0.2, -0.15) is 0 Å². The maximum Gasteiger partial charge on any atom is 0.243 e. The monoisotopic (exact) mass is 381 g/mol. The van der Waals surface area contributed by atoms with Gasteiger partial charge in [-0.05, 0) is 23.6 Å². The van der Waals surface area contributed by atoms with Crippen molar-refractivity contribution in [1.29, 1.82) is 0 Å². The minimum Gasteiger partial charge on any atom is -0.207 e. The van der Waals surface area contributed by atoms with Gasteiger partial charge >= 0.3 is 0 Å². The molecule has 0 fully saturated rings. The highest BCUT2D eigenvalue weighted by atomic mass is 35.5. The SMILES string of the molecule is O=S(=O)(NC1c2ccccc2CC1Cl)c1cc(Cl)sc1Cl. The third-order valence-electron chi connectivity index (χ3n) is 3.36. The topological polar surface area (TPSA) is 46.2 Å². The number of halogens is 3. The number of nitrogens with one attached hydrogen (secondary N) is 1. The van der Waals surface area contributed by atoms with E-state index in [2.05, 4.69) is 4.72 Å². The van der Waals surface area contributed by atoms with Gasteiger partial charge in [0.25, 0.3) is 0 Å². The van der Waals surface area contributed by atoms with Gasteiger partial charge in [0.15, 0.2) is 0 Å². The molecule has 0 bridgehead atoms. The predicted octanol–water partition coefficient (Wildman–Crippen LogP) is 4.24. The van der Waals surface area contributed by atoms with Crippen LogP contribution in [0.4, 0.5) is 0 Å². The van der Waals surface area contributed by atoms with Crippen LogP contribution < -0.4 is 4.72 Å². The summed E-state index contributed by atoms with van der Waals surface area (Å²) in [6.45, 7) is 0. The molecule has 2 atom stereocenters. The quantitative estimate of drug-likeness (QED) is 0.807. The van der Waals surface area contributed by atoms with Gasteiger partial charge in [-0.3, -0.25) is 0 Å². The highest BCUT2D eigenvalue weighted by Gasteiger charge is 2.35. The second-order valence-electron chi connectivity index (χ2n) is 4.71. The van der Waals surface area contributed by atoms with Crippen molar-refractivity contribution in [1.82, 2.24) is 4.72 Å². The highest BCUT2D eigenvalue weighted by Crippen LogP contribution is 2.38. The molecular formula is C13H10Cl3NO2S2. The summed E-state index contributed by atoms with van der Waals surface area (Å²) >= 11 is 19.1. The smallest absolute Gasteiger partial charge is 0.207 e. The van der Waals surface area contributed by atoms with E-state index in [-0.39, 0.29) is 14.6 Å². The van der Waals surface area contributed by atoms with Crippen molar-refractivity contribution >= 4 is 56.2 Å². The minimum absolute atomic E-state index is 0.00702. The molecule has 1 heterocycles. The Morgan fingerprint density at radius 1 is 1.24 bits per heavy atom. The van der Waals surface area contributed by atoms with Crippen molar-refractivity contribution in [2.75, 3.05) is 0 Å². The van der Waals surface area contributed by atoms with Gasteiger partial charge in [0.05, 0.1) is 15.8 Å². The molecule has 0 saturated heterocycles. The minimum atomic E-state index is -3.77. The normalized spacial score (nSPS) is 21.5. The van der Waals surface area contributed by atoms with Crippen LogP contribution in [0.3, 0.4) is 0 Å². The van der Waals surface area contributed by atoms with Crippen LogP contribution in [0.5, 0.6) is 0 Å². The largest absolute Gasteiger partial charge is 0.243 e. The van der Waals surface area contributed by atoms with Crippen LogP contribution in [0.1, 0.15) is 17.2 Å². The number of thiophene rings is 1. The van der Waals surface area contributed by atoms with Crippen molar-refractivity contribution in [2.45, 2.75) is 22.7 Å². The van der Waals surface area contributed by atoms with Gasteiger partial charge in [-0.25, -0.2) is 13.1 Å². The summed E-state index contributed by atoms with van der Waals surface area (Å²) in [6.07, 6.45) is 0.628. The zero-order valence-electron chi connectivity index (χ0n) is 10.5. The number of benzene rings is 1. The van der Waals surface area contributed by atoms with Crippen molar-refractivity contribution in [3.63, 3.8) is 0 Å². The van der Waals surface area contributed by atoms with E-state index < -0.39 is 16.1 Å². The van der Waals surface area contributed by atoms with E-state index in [1.807, 2.05) is 24.3 Å². The maximum atomic E-state index is 12.5. The number of fused-ring (bicyclic) bond motifs is 1. The molecule has 0 amide bonds. The lowest BCUT2D eigenvalue weighted by atomic mass is 10.1. The molecular weight excluding hydrogens is 373 g/mol. The summed E-state index contributed by atoms with van der Waals surface area (Å²) in [5.41, 5.74) is 1.96. The molecule has 1 aromatic heterocycles. The molecule has 1 aromatic carbocycles. The summed E-state index contributed by atoms with van der Waals surface area (Å²) in [6, 6.07) is 8.49. The van der Waals surface area contributed by atoms with Crippen molar-refractivity contribution in [3.8, 4) is 0 Å². The lowest BCUT2D eigenvalue weighted by molar-refractivity contribution is 0.557. The number of hydrogen-bond donors (Lipinski definition) is 1. The number of alkyl halides is 1. The van der Waals surface area contributed by atoms with Crippen LogP contribution >= 0.6 is 46.1 Å². The Kier molecular flexibility index (Phi) is 4.25. The lowest BCUT2D eigenvalue weighted by Gasteiger charge is -2.17. The molecule has 112 valence electrons. The van der Waals surface area contributed by atoms with Gasteiger partial charge in [-0.15, -0.1) is 22.9 Å². The Labute approximate surface area is 141 Å². The van der Waals surface area contributed by atoms with E-state index in [4.69, 9.17) is 34.8 Å². The molecule has 1 aliphatic carbocycles. The van der Waals surface area contributed by atoms with Crippen molar-refractivity contribution < 1.29 is 8.42 Å². The second kappa shape index (κ2) is 5.72. The lowest BCUT2D eigenvalue weighted by Crippen LogP contribution is -2.31. The zero-order chi connectivity index (χ0) is 15.2. The number of sulfonamides is 1. The summed E-state index contributed by atoms with van der Waals surface area (Å²) in [5, 5.41) is -0.329. The van der Waals surface area contributed by atoms with Crippen LogP contribution in [-0.2, 0) is 16.4 Å². The fraction of sp³-hybridized carbons (Fsp3) is 0.231. The molecule has 0 spiro atoms. The zero-order valence-corrected chi connectivity index (χ0v) is 14.4. The van der Waals surface area contributed by atoms with Gasteiger partial charge in [0.2, 0.25) is 10.0 Å². The van der Waals surface area contributed by atoms with Crippen LogP contribution in [0.25, 0.3) is 0 Å². The van der Waals surface area contributed by atoms with Crippen LogP contribution in [-0.4, -0.2) is 13.8 Å². The summed E-state index contributed by atoms with van der Waals surface area (Å²) < 4.78 is 28.1. The summed E-state index contributed by atoms with van der Waals surface area (Å²) in [5.74, 6) is 0. The third kappa shape index (κ3) is 2.96. The molecule has 8 heteroatoms.